The Morgan fingerprint density at radius 1 is 1.57 bits per heavy atom. The third-order valence-corrected chi connectivity index (χ3v) is 2.01. The van der Waals surface area contributed by atoms with Gasteiger partial charge in [-0.3, -0.25) is 0 Å². The topological polar surface area (TPSA) is 70.1 Å². The first kappa shape index (κ1) is 10.6. The van der Waals surface area contributed by atoms with Crippen molar-refractivity contribution in [2.24, 2.45) is 0 Å². The minimum Gasteiger partial charge on any atom is -0.464 e. The maximum absolute atomic E-state index is 11.4. The Balaban J connectivity index is 3.32. The number of hydrogen-bond donors (Lipinski definition) is 1. The first-order valence-corrected chi connectivity index (χ1v) is 4.41. The third kappa shape index (κ3) is 1.57. The van der Waals surface area contributed by atoms with Gasteiger partial charge in [0.2, 0.25) is 0 Å². The van der Waals surface area contributed by atoms with E-state index in [4.69, 9.17) is 5.73 Å². The number of carbonyl (C=O) groups excluding carboxylic acids is 1. The summed E-state index contributed by atoms with van der Waals surface area (Å²) in [5, 5.41) is 0. The number of anilines is 1. The maximum Gasteiger partial charge on any atom is 0.358 e. The van der Waals surface area contributed by atoms with Gasteiger partial charge in [0.15, 0.2) is 11.5 Å². The molecule has 1 aromatic heterocycles. The highest BCUT2D eigenvalue weighted by molar-refractivity contribution is 5.92. The lowest BCUT2D eigenvalue weighted by Gasteiger charge is -2.12. The molecule has 0 radical (unpaired) electrons. The van der Waals surface area contributed by atoms with E-state index in [1.807, 2.05) is 20.8 Å². The molecule has 0 aliphatic heterocycles. The molecule has 0 aromatic carbocycles. The number of nitrogen functional groups attached to an aromatic ring is 1. The second-order valence-corrected chi connectivity index (χ2v) is 3.35. The van der Waals surface area contributed by atoms with E-state index in [2.05, 4.69) is 9.72 Å². The molecule has 14 heavy (non-hydrogen) atoms. The lowest BCUT2D eigenvalue weighted by Crippen LogP contribution is -2.15. The lowest BCUT2D eigenvalue weighted by molar-refractivity contribution is 0.0587. The minimum atomic E-state index is -0.447. The number of rotatable bonds is 2. The standard InChI is InChI=1S/C9H15N3O2/c1-5(2)12-6(3)11-8(10)7(12)9(13)14-4/h5H,10H2,1-4H3. The molecule has 0 saturated carbocycles. The van der Waals surface area contributed by atoms with Gasteiger partial charge >= 0.3 is 5.97 Å². The number of aromatic nitrogens is 2. The zero-order valence-corrected chi connectivity index (χ0v) is 8.87. The van der Waals surface area contributed by atoms with Gasteiger partial charge in [0.1, 0.15) is 5.82 Å². The molecule has 1 aromatic rings. The summed E-state index contributed by atoms with van der Waals surface area (Å²) < 4.78 is 6.41. The average molecular weight is 197 g/mol. The van der Waals surface area contributed by atoms with Gasteiger partial charge in [-0.25, -0.2) is 9.78 Å². The van der Waals surface area contributed by atoms with Crippen molar-refractivity contribution < 1.29 is 9.53 Å². The highest BCUT2D eigenvalue weighted by Crippen LogP contribution is 2.19. The van der Waals surface area contributed by atoms with Crippen LogP contribution in [0.2, 0.25) is 0 Å². The quantitative estimate of drug-likeness (QED) is 0.722. The fourth-order valence-electron chi connectivity index (χ4n) is 1.50. The van der Waals surface area contributed by atoms with Crippen molar-refractivity contribution in [3.05, 3.63) is 11.5 Å². The molecule has 0 bridgehead atoms. The molecule has 5 nitrogen and oxygen atoms in total. The Bertz CT molecular complexity index is 355. The van der Waals surface area contributed by atoms with Crippen LogP contribution >= 0.6 is 0 Å². The Hall–Kier alpha value is -1.52. The molecule has 0 fully saturated rings. The fourth-order valence-corrected chi connectivity index (χ4v) is 1.50. The van der Waals surface area contributed by atoms with E-state index >= 15 is 0 Å². The Morgan fingerprint density at radius 2 is 2.14 bits per heavy atom. The summed E-state index contributed by atoms with van der Waals surface area (Å²) in [6.45, 7) is 5.73. The summed E-state index contributed by atoms with van der Waals surface area (Å²) >= 11 is 0. The van der Waals surface area contributed by atoms with Crippen LogP contribution in [-0.2, 0) is 4.74 Å². The highest BCUT2D eigenvalue weighted by Gasteiger charge is 2.21. The number of nitrogens with zero attached hydrogens (tertiary/aromatic N) is 2. The van der Waals surface area contributed by atoms with Crippen molar-refractivity contribution in [3.8, 4) is 0 Å². The Kier molecular flexibility index (Phi) is 2.78. The lowest BCUT2D eigenvalue weighted by atomic mass is 10.3. The van der Waals surface area contributed by atoms with E-state index in [0.717, 1.165) is 5.82 Å². The van der Waals surface area contributed by atoms with Crippen LogP contribution in [0.4, 0.5) is 5.82 Å². The summed E-state index contributed by atoms with van der Waals surface area (Å²) in [5.41, 5.74) is 5.96. The van der Waals surface area contributed by atoms with Crippen LogP contribution in [0, 0.1) is 6.92 Å². The number of methoxy groups -OCH3 is 1. The monoisotopic (exact) mass is 197 g/mol. The molecular formula is C9H15N3O2. The smallest absolute Gasteiger partial charge is 0.358 e. The van der Waals surface area contributed by atoms with Gasteiger partial charge in [0.05, 0.1) is 7.11 Å². The molecular weight excluding hydrogens is 182 g/mol. The molecule has 0 unspecified atom stereocenters. The first-order chi connectivity index (χ1) is 6.49. The third-order valence-electron chi connectivity index (χ3n) is 2.01. The number of esters is 1. The summed E-state index contributed by atoms with van der Waals surface area (Å²) in [6, 6.07) is 0.133. The van der Waals surface area contributed by atoms with E-state index in [0.29, 0.717) is 5.69 Å². The van der Waals surface area contributed by atoms with Crippen LogP contribution in [-0.4, -0.2) is 22.6 Å². The van der Waals surface area contributed by atoms with Crippen molar-refractivity contribution in [2.45, 2.75) is 26.8 Å². The summed E-state index contributed by atoms with van der Waals surface area (Å²) in [5.74, 6) is 0.498. The van der Waals surface area contributed by atoms with Crippen LogP contribution in [0.3, 0.4) is 0 Å². The van der Waals surface area contributed by atoms with Crippen molar-refractivity contribution in [3.63, 3.8) is 0 Å². The zero-order chi connectivity index (χ0) is 10.9. The summed E-state index contributed by atoms with van der Waals surface area (Å²) in [6.07, 6.45) is 0. The molecule has 5 heteroatoms. The molecule has 0 spiro atoms. The van der Waals surface area contributed by atoms with E-state index in [1.165, 1.54) is 7.11 Å². The van der Waals surface area contributed by atoms with Gasteiger partial charge < -0.3 is 15.0 Å². The minimum absolute atomic E-state index is 0.133. The van der Waals surface area contributed by atoms with Gasteiger partial charge in [0, 0.05) is 6.04 Å². The van der Waals surface area contributed by atoms with Crippen LogP contribution < -0.4 is 5.73 Å². The molecule has 0 aliphatic rings. The molecule has 78 valence electrons. The van der Waals surface area contributed by atoms with Crippen molar-refractivity contribution in [2.75, 3.05) is 12.8 Å². The Labute approximate surface area is 82.9 Å². The summed E-state index contributed by atoms with van der Waals surface area (Å²) in [4.78, 5) is 15.5. The molecule has 1 heterocycles. The molecule has 0 aliphatic carbocycles. The van der Waals surface area contributed by atoms with Gasteiger partial charge in [-0.15, -0.1) is 0 Å². The number of hydrogen-bond acceptors (Lipinski definition) is 4. The van der Waals surface area contributed by atoms with Crippen molar-refractivity contribution in [1.29, 1.82) is 0 Å². The van der Waals surface area contributed by atoms with E-state index in [9.17, 15) is 4.79 Å². The zero-order valence-electron chi connectivity index (χ0n) is 8.87. The average Bonchev–Trinajstić information content (AvgIpc) is 2.39. The number of imidazole rings is 1. The number of ether oxygens (including phenoxy) is 1. The van der Waals surface area contributed by atoms with Crippen LogP contribution in [0.15, 0.2) is 0 Å². The molecule has 0 atom stereocenters. The van der Waals surface area contributed by atoms with Crippen molar-refractivity contribution in [1.82, 2.24) is 9.55 Å². The van der Waals surface area contributed by atoms with Gasteiger partial charge in [-0.05, 0) is 20.8 Å². The number of nitrogens with two attached hydrogens (primary N) is 1. The van der Waals surface area contributed by atoms with Gasteiger partial charge in [-0.2, -0.15) is 0 Å². The van der Waals surface area contributed by atoms with Gasteiger partial charge in [-0.1, -0.05) is 0 Å². The molecule has 2 N–H and O–H groups in total. The SMILES string of the molecule is COC(=O)c1c(N)nc(C)n1C(C)C. The number of aryl methyl sites for hydroxylation is 1. The van der Waals surface area contributed by atoms with Gasteiger partial charge in [0.25, 0.3) is 0 Å². The largest absolute Gasteiger partial charge is 0.464 e. The summed E-state index contributed by atoms with van der Waals surface area (Å²) in [7, 11) is 1.33. The van der Waals surface area contributed by atoms with Crippen LogP contribution in [0.1, 0.15) is 36.2 Å². The normalized spacial score (nSPS) is 10.6. The molecule has 0 amide bonds. The highest BCUT2D eigenvalue weighted by atomic mass is 16.5. The van der Waals surface area contributed by atoms with Crippen molar-refractivity contribution >= 4 is 11.8 Å². The second-order valence-electron chi connectivity index (χ2n) is 3.35. The van der Waals surface area contributed by atoms with E-state index < -0.39 is 5.97 Å². The Morgan fingerprint density at radius 3 is 2.57 bits per heavy atom. The van der Waals surface area contributed by atoms with E-state index in [-0.39, 0.29) is 11.9 Å². The number of carbonyl (C=O) groups is 1. The van der Waals surface area contributed by atoms with Crippen LogP contribution in [0.5, 0.6) is 0 Å². The second kappa shape index (κ2) is 3.69. The fraction of sp³-hybridized carbons (Fsp3) is 0.556. The predicted octanol–water partition coefficient (Wildman–Crippen LogP) is 1.14. The van der Waals surface area contributed by atoms with E-state index in [1.54, 1.807) is 4.57 Å². The van der Waals surface area contributed by atoms with Crippen LogP contribution in [0.25, 0.3) is 0 Å². The first-order valence-electron chi connectivity index (χ1n) is 4.41. The predicted molar refractivity (Wildman–Crippen MR) is 53.1 cm³/mol. The maximum atomic E-state index is 11.4. The molecule has 1 rings (SSSR count). The molecule has 0 saturated heterocycles.